The number of amides is 2. The van der Waals surface area contributed by atoms with Crippen molar-refractivity contribution in [2.75, 3.05) is 18.5 Å². The van der Waals surface area contributed by atoms with Crippen LogP contribution in [0.15, 0.2) is 12.4 Å². The third kappa shape index (κ3) is 5.84. The molecule has 2 aromatic heterocycles. The van der Waals surface area contributed by atoms with Crippen molar-refractivity contribution in [2.45, 2.75) is 64.6 Å². The summed E-state index contributed by atoms with van der Waals surface area (Å²) in [6, 6.07) is 1.52. The highest BCUT2D eigenvalue weighted by Crippen LogP contribution is 2.35. The van der Waals surface area contributed by atoms with E-state index in [9.17, 15) is 14.7 Å². The number of hydrogen-bond acceptors (Lipinski definition) is 7. The Morgan fingerprint density at radius 3 is 2.58 bits per heavy atom. The summed E-state index contributed by atoms with van der Waals surface area (Å²) >= 11 is 0. The van der Waals surface area contributed by atoms with E-state index in [0.29, 0.717) is 29.1 Å². The third-order valence-corrected chi connectivity index (χ3v) is 5.20. The van der Waals surface area contributed by atoms with Gasteiger partial charge in [0, 0.05) is 6.54 Å². The maximum Gasteiger partial charge on any atom is 0.408 e. The number of aliphatic hydroxyl groups is 1. The Kier molecular flexibility index (Phi) is 6.40. The lowest BCUT2D eigenvalue weighted by atomic mass is 10.1. The smallest absolute Gasteiger partial charge is 0.408 e. The molecule has 0 aromatic carbocycles. The van der Waals surface area contributed by atoms with Gasteiger partial charge in [-0.05, 0) is 45.6 Å². The summed E-state index contributed by atoms with van der Waals surface area (Å²) < 4.78 is 5.31. The van der Waals surface area contributed by atoms with E-state index in [-0.39, 0.29) is 24.5 Å². The van der Waals surface area contributed by atoms with Gasteiger partial charge in [0.25, 0.3) is 5.91 Å². The summed E-state index contributed by atoms with van der Waals surface area (Å²) in [5, 5.41) is 19.2. The van der Waals surface area contributed by atoms with Gasteiger partial charge in [-0.2, -0.15) is 0 Å². The molecule has 2 heterocycles. The molecule has 2 aromatic rings. The van der Waals surface area contributed by atoms with Crippen LogP contribution in [-0.4, -0.2) is 62.4 Å². The van der Waals surface area contributed by atoms with Crippen molar-refractivity contribution in [2.24, 2.45) is 5.92 Å². The molecule has 0 radical (unpaired) electrons. The first-order valence-electron chi connectivity index (χ1n) is 10.5. The Labute approximate surface area is 181 Å². The quantitative estimate of drug-likeness (QED) is 0.430. The molecule has 0 spiro atoms. The number of fused-ring (bicyclic) bond motifs is 1. The fourth-order valence-corrected chi connectivity index (χ4v) is 3.14. The van der Waals surface area contributed by atoms with Crippen molar-refractivity contribution in [3.8, 4) is 0 Å². The molecular weight excluding hydrogens is 400 g/mol. The van der Waals surface area contributed by atoms with Crippen molar-refractivity contribution in [3.63, 3.8) is 0 Å². The van der Waals surface area contributed by atoms with Crippen molar-refractivity contribution < 1.29 is 19.4 Å². The third-order valence-electron chi connectivity index (χ3n) is 5.20. The van der Waals surface area contributed by atoms with E-state index in [1.807, 2.05) is 13.8 Å². The van der Waals surface area contributed by atoms with Crippen LogP contribution in [0.1, 0.15) is 57.9 Å². The number of aromatic amines is 1. The predicted molar refractivity (Wildman–Crippen MR) is 117 cm³/mol. The van der Waals surface area contributed by atoms with Crippen molar-refractivity contribution >= 4 is 28.9 Å². The molecule has 170 valence electrons. The minimum absolute atomic E-state index is 0.0341. The van der Waals surface area contributed by atoms with Gasteiger partial charge in [0.15, 0.2) is 0 Å². The summed E-state index contributed by atoms with van der Waals surface area (Å²) in [5.41, 5.74) is -0.180. The summed E-state index contributed by atoms with van der Waals surface area (Å²) in [7, 11) is 0. The average Bonchev–Trinajstić information content (AvgIpc) is 3.27. The van der Waals surface area contributed by atoms with Gasteiger partial charge < -0.3 is 30.8 Å². The van der Waals surface area contributed by atoms with Crippen LogP contribution in [0, 0.1) is 5.92 Å². The summed E-state index contributed by atoms with van der Waals surface area (Å²) in [4.78, 5) is 36.2. The zero-order valence-electron chi connectivity index (χ0n) is 18.7. The molecule has 0 saturated heterocycles. The number of H-pyrrole nitrogens is 1. The maximum atomic E-state index is 12.7. The molecular formula is C21H32N6O4. The maximum absolute atomic E-state index is 12.7. The Morgan fingerprint density at radius 1 is 1.29 bits per heavy atom. The Morgan fingerprint density at radius 2 is 2.00 bits per heavy atom. The molecule has 2 amide bonds. The first-order valence-corrected chi connectivity index (χ1v) is 10.5. The number of carbonyl (C=O) groups is 2. The Balaban J connectivity index is 1.65. The highest BCUT2D eigenvalue weighted by atomic mass is 16.6. The number of hydrogen-bond donors (Lipinski definition) is 5. The van der Waals surface area contributed by atoms with Crippen LogP contribution in [0.25, 0.3) is 11.0 Å². The monoisotopic (exact) mass is 432 g/mol. The highest BCUT2D eigenvalue weighted by Gasteiger charge is 2.45. The second kappa shape index (κ2) is 8.70. The number of aromatic nitrogens is 3. The van der Waals surface area contributed by atoms with E-state index in [2.05, 4.69) is 30.9 Å². The van der Waals surface area contributed by atoms with Crippen molar-refractivity contribution in [1.82, 2.24) is 25.6 Å². The first kappa shape index (κ1) is 22.8. The van der Waals surface area contributed by atoms with Gasteiger partial charge in [0.05, 0.1) is 23.6 Å². The van der Waals surface area contributed by atoms with E-state index >= 15 is 0 Å². The molecule has 10 nitrogen and oxygen atoms in total. The number of rotatable bonds is 8. The number of alkyl carbamates (subject to hydrolysis) is 1. The second-order valence-electron chi connectivity index (χ2n) is 9.43. The summed E-state index contributed by atoms with van der Waals surface area (Å²) in [6.45, 7) is 9.69. The topological polar surface area (TPSA) is 141 Å². The lowest BCUT2D eigenvalue weighted by Gasteiger charge is -2.23. The van der Waals surface area contributed by atoms with E-state index in [1.165, 1.54) is 6.33 Å². The first-order chi connectivity index (χ1) is 14.5. The molecule has 1 aliphatic rings. The van der Waals surface area contributed by atoms with Crippen LogP contribution >= 0.6 is 0 Å². The minimum Gasteiger partial charge on any atom is -0.444 e. The van der Waals surface area contributed by atoms with Gasteiger partial charge in [0.1, 0.15) is 29.1 Å². The molecule has 0 aliphatic heterocycles. The largest absolute Gasteiger partial charge is 0.444 e. The minimum atomic E-state index is -0.578. The number of nitrogens with one attached hydrogen (secondary N) is 4. The predicted octanol–water partition coefficient (Wildman–Crippen LogP) is 2.17. The fraction of sp³-hybridized carbons (Fsp3) is 0.619. The van der Waals surface area contributed by atoms with Crippen LogP contribution in [0.3, 0.4) is 0 Å². The summed E-state index contributed by atoms with van der Waals surface area (Å²) in [6.07, 6.45) is 2.47. The molecule has 1 fully saturated rings. The standard InChI is InChI=1S/C21H32N6O4/c1-12(2)15(9-28)26-17-13-8-14(25-16(13)23-11-24-17)18(29)22-10-21(6-7-21)27-19(30)31-20(3,4)5/h8,11-12,15,28H,6-7,9-10H2,1-5H3,(H,22,29)(H,27,30)(H2,23,24,25,26)/t15-/m0/s1. The van der Waals surface area contributed by atoms with Crippen LogP contribution in [0.4, 0.5) is 10.6 Å². The van der Waals surface area contributed by atoms with Gasteiger partial charge in [-0.3, -0.25) is 4.79 Å². The van der Waals surface area contributed by atoms with Gasteiger partial charge in [0.2, 0.25) is 0 Å². The van der Waals surface area contributed by atoms with Gasteiger partial charge in [-0.1, -0.05) is 13.8 Å². The molecule has 1 aliphatic carbocycles. The molecule has 0 unspecified atom stereocenters. The molecule has 3 rings (SSSR count). The van der Waals surface area contributed by atoms with E-state index in [0.717, 1.165) is 12.8 Å². The van der Waals surface area contributed by atoms with Crippen LogP contribution in [0.5, 0.6) is 0 Å². The average molecular weight is 433 g/mol. The zero-order chi connectivity index (χ0) is 22.8. The number of nitrogens with zero attached hydrogens (tertiary/aromatic N) is 2. The van der Waals surface area contributed by atoms with Gasteiger partial charge in [-0.25, -0.2) is 14.8 Å². The lowest BCUT2D eigenvalue weighted by Crippen LogP contribution is -2.47. The fourth-order valence-electron chi connectivity index (χ4n) is 3.14. The van der Waals surface area contributed by atoms with Crippen molar-refractivity contribution in [3.05, 3.63) is 18.1 Å². The second-order valence-corrected chi connectivity index (χ2v) is 9.43. The van der Waals surface area contributed by atoms with Gasteiger partial charge >= 0.3 is 6.09 Å². The lowest BCUT2D eigenvalue weighted by molar-refractivity contribution is 0.0493. The molecule has 10 heteroatoms. The van der Waals surface area contributed by atoms with E-state index < -0.39 is 17.2 Å². The Hall–Kier alpha value is -2.88. The number of carbonyl (C=O) groups excluding carboxylic acids is 2. The number of aliphatic hydroxyl groups excluding tert-OH is 1. The molecule has 0 bridgehead atoms. The SMILES string of the molecule is CC(C)[C@H](CO)Nc1ncnc2[nH]c(C(=O)NCC3(NC(=O)OC(C)(C)C)CC3)cc12. The number of anilines is 1. The van der Waals surface area contributed by atoms with E-state index in [4.69, 9.17) is 4.74 Å². The Bertz CT molecular complexity index is 945. The molecule has 1 saturated carbocycles. The normalized spacial score (nSPS) is 16.1. The molecule has 1 atom stereocenters. The van der Waals surface area contributed by atoms with Crippen LogP contribution in [-0.2, 0) is 4.74 Å². The van der Waals surface area contributed by atoms with E-state index in [1.54, 1.807) is 26.8 Å². The van der Waals surface area contributed by atoms with Crippen LogP contribution < -0.4 is 16.0 Å². The summed E-state index contributed by atoms with van der Waals surface area (Å²) in [5.74, 6) is 0.450. The van der Waals surface area contributed by atoms with Gasteiger partial charge in [-0.15, -0.1) is 0 Å². The highest BCUT2D eigenvalue weighted by molar-refractivity contribution is 5.99. The molecule has 31 heavy (non-hydrogen) atoms. The zero-order valence-corrected chi connectivity index (χ0v) is 18.7. The van der Waals surface area contributed by atoms with Crippen molar-refractivity contribution in [1.29, 1.82) is 0 Å². The molecule has 5 N–H and O–H groups in total. The number of ether oxygens (including phenoxy) is 1. The van der Waals surface area contributed by atoms with Crippen LogP contribution in [0.2, 0.25) is 0 Å².